The van der Waals surface area contributed by atoms with Crippen LogP contribution in [-0.2, 0) is 10.0 Å². The summed E-state index contributed by atoms with van der Waals surface area (Å²) >= 11 is 0. The first kappa shape index (κ1) is 17.5. The Labute approximate surface area is 148 Å². The van der Waals surface area contributed by atoms with E-state index < -0.39 is 10.0 Å². The number of nitrogens with one attached hydrogen (secondary N) is 1. The van der Waals surface area contributed by atoms with E-state index in [1.807, 2.05) is 17.9 Å². The van der Waals surface area contributed by atoms with Gasteiger partial charge in [0.05, 0.1) is 4.90 Å². The number of anilines is 1. The van der Waals surface area contributed by atoms with E-state index in [1.165, 1.54) is 12.1 Å². The van der Waals surface area contributed by atoms with E-state index in [2.05, 4.69) is 4.72 Å². The van der Waals surface area contributed by atoms with Gasteiger partial charge >= 0.3 is 0 Å². The zero-order chi connectivity index (χ0) is 17.9. The quantitative estimate of drug-likeness (QED) is 0.911. The third-order valence-corrected chi connectivity index (χ3v) is 5.80. The first-order chi connectivity index (χ1) is 12.0. The van der Waals surface area contributed by atoms with Crippen molar-refractivity contribution >= 4 is 21.6 Å². The topological polar surface area (TPSA) is 66.5 Å². The van der Waals surface area contributed by atoms with Crippen molar-refractivity contribution < 1.29 is 13.2 Å². The minimum atomic E-state index is -3.74. The van der Waals surface area contributed by atoms with Gasteiger partial charge in [-0.25, -0.2) is 8.42 Å². The Balaban J connectivity index is 1.89. The van der Waals surface area contributed by atoms with Crippen LogP contribution in [0.1, 0.15) is 35.2 Å². The lowest BCUT2D eigenvalue weighted by Gasteiger charge is -2.27. The molecule has 0 saturated carbocycles. The monoisotopic (exact) mass is 358 g/mol. The molecule has 0 bridgehead atoms. The van der Waals surface area contributed by atoms with E-state index in [4.69, 9.17) is 0 Å². The average molecular weight is 358 g/mol. The van der Waals surface area contributed by atoms with Crippen molar-refractivity contribution in [1.82, 2.24) is 4.90 Å². The molecule has 1 aliphatic rings. The summed E-state index contributed by atoms with van der Waals surface area (Å²) in [5, 5.41) is 0. The van der Waals surface area contributed by atoms with E-state index in [-0.39, 0.29) is 10.8 Å². The van der Waals surface area contributed by atoms with Gasteiger partial charge in [-0.3, -0.25) is 9.52 Å². The third kappa shape index (κ3) is 4.02. The molecule has 6 heteroatoms. The summed E-state index contributed by atoms with van der Waals surface area (Å²) in [5.74, 6) is -0.0889. The van der Waals surface area contributed by atoms with E-state index in [1.54, 1.807) is 30.3 Å². The predicted molar refractivity (Wildman–Crippen MR) is 98.2 cm³/mol. The van der Waals surface area contributed by atoms with Crippen LogP contribution in [-0.4, -0.2) is 32.3 Å². The maximum Gasteiger partial charge on any atom is 0.261 e. The van der Waals surface area contributed by atoms with Crippen molar-refractivity contribution in [2.45, 2.75) is 31.1 Å². The van der Waals surface area contributed by atoms with Gasteiger partial charge in [-0.05, 0) is 56.0 Å². The van der Waals surface area contributed by atoms with E-state index in [0.29, 0.717) is 11.3 Å². The Bertz CT molecular complexity index is 857. The van der Waals surface area contributed by atoms with Crippen LogP contribution in [0.15, 0.2) is 53.4 Å². The second kappa shape index (κ2) is 7.27. The fourth-order valence-corrected chi connectivity index (χ4v) is 4.07. The molecule has 0 spiro atoms. The Hall–Kier alpha value is -2.34. The molecule has 0 radical (unpaired) electrons. The van der Waals surface area contributed by atoms with Crippen molar-refractivity contribution in [2.75, 3.05) is 17.8 Å². The van der Waals surface area contributed by atoms with Gasteiger partial charge in [-0.1, -0.05) is 24.3 Å². The van der Waals surface area contributed by atoms with Gasteiger partial charge in [-0.15, -0.1) is 0 Å². The lowest BCUT2D eigenvalue weighted by Crippen LogP contribution is -2.36. The van der Waals surface area contributed by atoms with Crippen LogP contribution in [0.4, 0.5) is 5.69 Å². The summed E-state index contributed by atoms with van der Waals surface area (Å²) in [6.07, 6.45) is 3.13. The van der Waals surface area contributed by atoms with Gasteiger partial charge in [0.2, 0.25) is 0 Å². The van der Waals surface area contributed by atoms with Crippen molar-refractivity contribution in [1.29, 1.82) is 0 Å². The van der Waals surface area contributed by atoms with Crippen molar-refractivity contribution in [3.8, 4) is 0 Å². The molecule has 2 aromatic rings. The highest BCUT2D eigenvalue weighted by atomic mass is 32.2. The molecule has 0 atom stereocenters. The molecule has 1 amide bonds. The van der Waals surface area contributed by atoms with E-state index in [9.17, 15) is 13.2 Å². The molecule has 25 heavy (non-hydrogen) atoms. The molecule has 1 heterocycles. The fraction of sp³-hybridized carbons (Fsp3) is 0.316. The smallest absolute Gasteiger partial charge is 0.261 e. The Kier molecular flexibility index (Phi) is 5.08. The molecule has 132 valence electrons. The van der Waals surface area contributed by atoms with Gasteiger partial charge in [0, 0.05) is 24.3 Å². The van der Waals surface area contributed by atoms with Crippen LogP contribution >= 0.6 is 0 Å². The third-order valence-electron chi connectivity index (χ3n) is 4.42. The van der Waals surface area contributed by atoms with Crippen LogP contribution in [0.5, 0.6) is 0 Å². The number of sulfonamides is 1. The fourth-order valence-electron chi connectivity index (χ4n) is 2.99. The zero-order valence-corrected chi connectivity index (χ0v) is 15.1. The van der Waals surface area contributed by atoms with Gasteiger partial charge in [0.1, 0.15) is 0 Å². The van der Waals surface area contributed by atoms with Gasteiger partial charge < -0.3 is 4.90 Å². The molecule has 0 unspecified atom stereocenters. The first-order valence-corrected chi connectivity index (χ1v) is 9.93. The first-order valence-electron chi connectivity index (χ1n) is 8.45. The molecule has 3 rings (SSSR count). The molecular formula is C19H22N2O3S. The summed E-state index contributed by atoms with van der Waals surface area (Å²) in [6, 6.07) is 13.4. The van der Waals surface area contributed by atoms with Crippen LogP contribution in [0.3, 0.4) is 0 Å². The second-order valence-electron chi connectivity index (χ2n) is 6.30. The summed E-state index contributed by atoms with van der Waals surface area (Å²) in [4.78, 5) is 14.7. The standard InChI is InChI=1S/C19H22N2O3S/c1-15-10-11-17(25(23,24)20-16-8-4-2-5-9-16)14-18(15)19(22)21-12-6-3-7-13-21/h2,4-5,8-11,14,20H,3,6-7,12-13H2,1H3. The van der Waals surface area contributed by atoms with Crippen LogP contribution in [0, 0.1) is 6.92 Å². The number of carbonyl (C=O) groups excluding carboxylic acids is 1. The van der Waals surface area contributed by atoms with Crippen LogP contribution in [0.25, 0.3) is 0 Å². The molecule has 1 N–H and O–H groups in total. The number of hydrogen-bond donors (Lipinski definition) is 1. The molecular weight excluding hydrogens is 336 g/mol. The average Bonchev–Trinajstić information content (AvgIpc) is 2.62. The number of benzene rings is 2. The summed E-state index contributed by atoms with van der Waals surface area (Å²) in [5.41, 5.74) is 1.74. The highest BCUT2D eigenvalue weighted by Crippen LogP contribution is 2.21. The number of amides is 1. The Morgan fingerprint density at radius 2 is 1.68 bits per heavy atom. The number of rotatable bonds is 4. The Morgan fingerprint density at radius 3 is 2.36 bits per heavy atom. The highest BCUT2D eigenvalue weighted by Gasteiger charge is 2.22. The largest absolute Gasteiger partial charge is 0.339 e. The van der Waals surface area contributed by atoms with Gasteiger partial charge in [0.15, 0.2) is 0 Å². The van der Waals surface area contributed by atoms with Crippen LogP contribution in [0.2, 0.25) is 0 Å². The van der Waals surface area contributed by atoms with Crippen LogP contribution < -0.4 is 4.72 Å². The zero-order valence-electron chi connectivity index (χ0n) is 14.2. The molecule has 2 aromatic carbocycles. The molecule has 1 aliphatic heterocycles. The maximum atomic E-state index is 12.8. The summed E-state index contributed by atoms with van der Waals surface area (Å²) in [7, 11) is -3.74. The molecule has 0 aliphatic carbocycles. The molecule has 1 fully saturated rings. The number of carbonyl (C=O) groups is 1. The second-order valence-corrected chi connectivity index (χ2v) is 7.98. The van der Waals surface area contributed by atoms with Crippen molar-refractivity contribution in [3.05, 3.63) is 59.7 Å². The van der Waals surface area contributed by atoms with Gasteiger partial charge in [-0.2, -0.15) is 0 Å². The number of hydrogen-bond acceptors (Lipinski definition) is 3. The lowest BCUT2D eigenvalue weighted by molar-refractivity contribution is 0.0723. The predicted octanol–water partition coefficient (Wildman–Crippen LogP) is 3.42. The number of likely N-dealkylation sites (tertiary alicyclic amines) is 1. The number of aryl methyl sites for hydroxylation is 1. The number of para-hydroxylation sites is 1. The lowest BCUT2D eigenvalue weighted by atomic mass is 10.1. The minimum absolute atomic E-state index is 0.0889. The van der Waals surface area contributed by atoms with E-state index >= 15 is 0 Å². The summed E-state index contributed by atoms with van der Waals surface area (Å²) in [6.45, 7) is 3.30. The van der Waals surface area contributed by atoms with Crippen molar-refractivity contribution in [2.24, 2.45) is 0 Å². The SMILES string of the molecule is Cc1ccc(S(=O)(=O)Nc2ccccc2)cc1C(=O)N1CCCCC1. The number of piperidine rings is 1. The number of nitrogens with zero attached hydrogens (tertiary/aromatic N) is 1. The molecule has 0 aromatic heterocycles. The maximum absolute atomic E-state index is 12.8. The molecule has 1 saturated heterocycles. The van der Waals surface area contributed by atoms with E-state index in [0.717, 1.165) is 37.9 Å². The van der Waals surface area contributed by atoms with Gasteiger partial charge in [0.25, 0.3) is 15.9 Å². The minimum Gasteiger partial charge on any atom is -0.339 e. The molecule has 5 nitrogen and oxygen atoms in total. The highest BCUT2D eigenvalue weighted by molar-refractivity contribution is 7.92. The Morgan fingerprint density at radius 1 is 1.00 bits per heavy atom. The normalized spacial score (nSPS) is 15.0. The van der Waals surface area contributed by atoms with Crippen molar-refractivity contribution in [3.63, 3.8) is 0 Å². The summed E-state index contributed by atoms with van der Waals surface area (Å²) < 4.78 is 27.8.